The molecular weight excluding hydrogens is 346 g/mol. The van der Waals surface area contributed by atoms with E-state index in [9.17, 15) is 10.1 Å². The minimum Gasteiger partial charge on any atom is -0.464 e. The first-order valence-electron chi connectivity index (χ1n) is 8.60. The van der Waals surface area contributed by atoms with E-state index in [1.54, 1.807) is 12.3 Å². The Morgan fingerprint density at radius 1 is 1.11 bits per heavy atom. The van der Waals surface area contributed by atoms with E-state index in [0.29, 0.717) is 12.0 Å². The van der Waals surface area contributed by atoms with Gasteiger partial charge in [0.15, 0.2) is 0 Å². The molecule has 2 aliphatic heterocycles. The van der Waals surface area contributed by atoms with Gasteiger partial charge in [-0.2, -0.15) is 5.10 Å². The molecular formula is C20H15N3O4. The molecule has 0 amide bonds. The molecule has 0 radical (unpaired) electrons. The van der Waals surface area contributed by atoms with Crippen molar-refractivity contribution in [3.05, 3.63) is 93.9 Å². The fourth-order valence-corrected chi connectivity index (χ4v) is 3.64. The Bertz CT molecular complexity index is 1040. The third kappa shape index (κ3) is 2.55. The van der Waals surface area contributed by atoms with E-state index in [1.165, 1.54) is 12.1 Å². The average Bonchev–Trinajstić information content (AvgIpc) is 3.37. The second kappa shape index (κ2) is 5.98. The fourth-order valence-electron chi connectivity index (χ4n) is 3.64. The van der Waals surface area contributed by atoms with Gasteiger partial charge >= 0.3 is 0 Å². The molecule has 3 heterocycles. The molecule has 2 atom stereocenters. The van der Waals surface area contributed by atoms with Gasteiger partial charge < -0.3 is 9.15 Å². The Kier molecular flexibility index (Phi) is 3.46. The van der Waals surface area contributed by atoms with Crippen LogP contribution in [-0.4, -0.2) is 15.6 Å². The number of nitro groups is 1. The van der Waals surface area contributed by atoms with E-state index in [1.807, 2.05) is 47.5 Å². The van der Waals surface area contributed by atoms with Crippen molar-refractivity contribution in [3.8, 4) is 5.75 Å². The molecule has 2 aromatic carbocycles. The summed E-state index contributed by atoms with van der Waals surface area (Å²) in [6.07, 6.45) is 1.76. The molecule has 1 aromatic heterocycles. The van der Waals surface area contributed by atoms with E-state index < -0.39 is 11.2 Å². The molecule has 0 unspecified atom stereocenters. The molecule has 0 bridgehead atoms. The summed E-state index contributed by atoms with van der Waals surface area (Å²) < 4.78 is 11.7. The number of hydrogen-bond acceptors (Lipinski definition) is 6. The summed E-state index contributed by atoms with van der Waals surface area (Å²) in [5.41, 5.74) is 2.60. The second-order valence-electron chi connectivity index (χ2n) is 6.48. The quantitative estimate of drug-likeness (QED) is 0.509. The highest BCUT2D eigenvalue weighted by Crippen LogP contribution is 2.47. The lowest BCUT2D eigenvalue weighted by Gasteiger charge is -2.38. The number of rotatable bonds is 3. The number of hydrogen-bond donors (Lipinski definition) is 0. The first kappa shape index (κ1) is 15.6. The van der Waals surface area contributed by atoms with Crippen LogP contribution in [0.25, 0.3) is 0 Å². The van der Waals surface area contributed by atoms with Crippen molar-refractivity contribution in [2.45, 2.75) is 18.7 Å². The highest BCUT2D eigenvalue weighted by Gasteiger charge is 2.41. The lowest BCUT2D eigenvalue weighted by Crippen LogP contribution is -2.33. The van der Waals surface area contributed by atoms with Gasteiger partial charge in [0.2, 0.25) is 6.23 Å². The first-order valence-corrected chi connectivity index (χ1v) is 8.60. The van der Waals surface area contributed by atoms with Gasteiger partial charge in [0.25, 0.3) is 5.69 Å². The van der Waals surface area contributed by atoms with Gasteiger partial charge in [-0.3, -0.25) is 10.1 Å². The summed E-state index contributed by atoms with van der Waals surface area (Å²) in [5, 5.41) is 17.8. The highest BCUT2D eigenvalue weighted by molar-refractivity contribution is 5.99. The molecule has 7 nitrogen and oxygen atoms in total. The fraction of sp³-hybridized carbons (Fsp3) is 0.150. The maximum atomic E-state index is 11.2. The molecule has 5 rings (SSSR count). The molecule has 0 spiro atoms. The van der Waals surface area contributed by atoms with Gasteiger partial charge in [-0.1, -0.05) is 30.3 Å². The largest absolute Gasteiger partial charge is 0.464 e. The number of hydrazone groups is 1. The second-order valence-corrected chi connectivity index (χ2v) is 6.48. The van der Waals surface area contributed by atoms with Crippen LogP contribution in [0.5, 0.6) is 5.75 Å². The standard InChI is InChI=1S/C20H15N3O4/c24-23(25)14-6-3-5-13(11-14)20-22-17(15-7-1-2-8-18(15)27-20)12-16(21-22)19-9-4-10-26-19/h1-11,17,20H,12H2/t17-,20+/m1/s1. The van der Waals surface area contributed by atoms with Crippen LogP contribution in [0.1, 0.15) is 35.6 Å². The van der Waals surface area contributed by atoms with Crippen LogP contribution in [0, 0.1) is 10.1 Å². The third-order valence-electron chi connectivity index (χ3n) is 4.87. The molecule has 0 N–H and O–H groups in total. The van der Waals surface area contributed by atoms with Gasteiger partial charge in [-0.25, -0.2) is 5.01 Å². The number of non-ortho nitro benzene ring substituents is 1. The number of benzene rings is 2. The highest BCUT2D eigenvalue weighted by atomic mass is 16.6. The van der Waals surface area contributed by atoms with Gasteiger partial charge in [0.1, 0.15) is 17.2 Å². The Morgan fingerprint density at radius 2 is 2.00 bits per heavy atom. The molecule has 0 saturated carbocycles. The smallest absolute Gasteiger partial charge is 0.269 e. The minimum atomic E-state index is -0.544. The van der Waals surface area contributed by atoms with Crippen LogP contribution in [-0.2, 0) is 0 Å². The average molecular weight is 361 g/mol. The van der Waals surface area contributed by atoms with Crippen LogP contribution in [0.4, 0.5) is 5.69 Å². The third-order valence-corrected chi connectivity index (χ3v) is 4.87. The zero-order valence-electron chi connectivity index (χ0n) is 14.2. The number of nitrogens with zero attached hydrogens (tertiary/aromatic N) is 3. The number of nitro benzene ring substituents is 1. The van der Waals surface area contributed by atoms with Crippen LogP contribution >= 0.6 is 0 Å². The molecule has 27 heavy (non-hydrogen) atoms. The maximum Gasteiger partial charge on any atom is 0.269 e. The SMILES string of the molecule is O=[N+]([O-])c1cccc([C@@H]2Oc3ccccc3[C@H]3CC(c4ccco4)=NN32)c1. The maximum absolute atomic E-state index is 11.2. The van der Waals surface area contributed by atoms with Crippen molar-refractivity contribution in [3.63, 3.8) is 0 Å². The summed E-state index contributed by atoms with van der Waals surface area (Å²) in [5.74, 6) is 1.49. The van der Waals surface area contributed by atoms with E-state index >= 15 is 0 Å². The van der Waals surface area contributed by atoms with Crippen LogP contribution in [0.15, 0.2) is 76.4 Å². The van der Waals surface area contributed by atoms with Gasteiger partial charge in [-0.15, -0.1) is 0 Å². The van der Waals surface area contributed by atoms with Crippen molar-refractivity contribution >= 4 is 11.4 Å². The Hall–Kier alpha value is -3.61. The topological polar surface area (TPSA) is 81.1 Å². The Balaban J connectivity index is 1.61. The van der Waals surface area contributed by atoms with Gasteiger partial charge in [0, 0.05) is 29.7 Å². The van der Waals surface area contributed by atoms with Gasteiger partial charge in [0.05, 0.1) is 17.2 Å². The molecule has 0 fully saturated rings. The molecule has 3 aromatic rings. The van der Waals surface area contributed by atoms with Crippen LogP contribution in [0.2, 0.25) is 0 Å². The number of furan rings is 1. The predicted octanol–water partition coefficient (Wildman–Crippen LogP) is 4.43. The lowest BCUT2D eigenvalue weighted by molar-refractivity contribution is -0.385. The van der Waals surface area contributed by atoms with Crippen molar-refractivity contribution in [2.24, 2.45) is 5.10 Å². The zero-order chi connectivity index (χ0) is 18.4. The monoisotopic (exact) mass is 361 g/mol. The molecule has 0 aliphatic carbocycles. The summed E-state index contributed by atoms with van der Waals surface area (Å²) in [6, 6.07) is 18.0. The van der Waals surface area contributed by atoms with E-state index in [2.05, 4.69) is 0 Å². The Labute approximate surface area is 154 Å². The summed E-state index contributed by atoms with van der Waals surface area (Å²) >= 11 is 0. The summed E-state index contributed by atoms with van der Waals surface area (Å²) in [7, 11) is 0. The minimum absolute atomic E-state index is 0.0145. The van der Waals surface area contributed by atoms with E-state index in [4.69, 9.17) is 14.3 Å². The molecule has 134 valence electrons. The summed E-state index contributed by atoms with van der Waals surface area (Å²) in [6.45, 7) is 0. The number of ether oxygens (including phenoxy) is 1. The number of fused-ring (bicyclic) bond motifs is 3. The van der Waals surface area contributed by atoms with Gasteiger partial charge in [-0.05, 0) is 18.2 Å². The molecule has 2 aliphatic rings. The summed E-state index contributed by atoms with van der Waals surface area (Å²) in [4.78, 5) is 10.8. The lowest BCUT2D eigenvalue weighted by atomic mass is 9.97. The Morgan fingerprint density at radius 3 is 2.81 bits per heavy atom. The van der Waals surface area contributed by atoms with E-state index in [-0.39, 0.29) is 11.7 Å². The van der Waals surface area contributed by atoms with Crippen LogP contribution < -0.4 is 4.74 Å². The van der Waals surface area contributed by atoms with Crippen molar-refractivity contribution in [1.82, 2.24) is 5.01 Å². The molecule has 0 saturated heterocycles. The normalized spacial score (nSPS) is 20.4. The van der Waals surface area contributed by atoms with Crippen LogP contribution in [0.3, 0.4) is 0 Å². The van der Waals surface area contributed by atoms with Crippen molar-refractivity contribution in [2.75, 3.05) is 0 Å². The van der Waals surface area contributed by atoms with E-state index in [0.717, 1.165) is 22.8 Å². The van der Waals surface area contributed by atoms with Crippen molar-refractivity contribution < 1.29 is 14.1 Å². The number of para-hydroxylation sites is 1. The first-order chi connectivity index (χ1) is 13.2. The van der Waals surface area contributed by atoms with Crippen molar-refractivity contribution in [1.29, 1.82) is 0 Å². The zero-order valence-corrected chi connectivity index (χ0v) is 14.2. The predicted molar refractivity (Wildman–Crippen MR) is 97.3 cm³/mol. The molecule has 7 heteroatoms.